The first-order chi connectivity index (χ1) is 12.7. The standard InChI is InChI=1S/C17H22N8S/c1-23-15(11-24-9-7-18-12-24)21-22-16(23)13-4-3-8-25(10-13)14-5-6-19-17(20-14)26-2/h5-7,9,12-13H,3-4,8,10-11H2,1-2H3/t13-/m0/s1. The molecule has 8 nitrogen and oxygen atoms in total. The summed E-state index contributed by atoms with van der Waals surface area (Å²) in [5.41, 5.74) is 0. The van der Waals surface area contributed by atoms with Gasteiger partial charge < -0.3 is 14.0 Å². The molecule has 1 fully saturated rings. The van der Waals surface area contributed by atoms with E-state index in [2.05, 4.69) is 41.7 Å². The first-order valence-corrected chi connectivity index (χ1v) is 9.93. The van der Waals surface area contributed by atoms with Gasteiger partial charge in [-0.2, -0.15) is 0 Å². The van der Waals surface area contributed by atoms with Gasteiger partial charge in [0.15, 0.2) is 11.0 Å². The molecule has 9 heteroatoms. The van der Waals surface area contributed by atoms with Gasteiger partial charge >= 0.3 is 0 Å². The Morgan fingerprint density at radius 2 is 2.19 bits per heavy atom. The van der Waals surface area contributed by atoms with Crippen LogP contribution in [0.4, 0.5) is 5.82 Å². The molecular formula is C17H22N8S. The van der Waals surface area contributed by atoms with Crippen LogP contribution in [-0.2, 0) is 13.6 Å². The summed E-state index contributed by atoms with van der Waals surface area (Å²) in [5, 5.41) is 9.72. The van der Waals surface area contributed by atoms with E-state index in [1.54, 1.807) is 24.3 Å². The maximum Gasteiger partial charge on any atom is 0.189 e. The third-order valence-corrected chi connectivity index (χ3v) is 5.36. The molecule has 0 amide bonds. The van der Waals surface area contributed by atoms with E-state index in [4.69, 9.17) is 0 Å². The third kappa shape index (κ3) is 3.44. The highest BCUT2D eigenvalue weighted by molar-refractivity contribution is 7.98. The number of imidazole rings is 1. The van der Waals surface area contributed by atoms with Crippen molar-refractivity contribution in [2.24, 2.45) is 7.05 Å². The zero-order chi connectivity index (χ0) is 17.9. The van der Waals surface area contributed by atoms with Crippen molar-refractivity contribution in [2.45, 2.75) is 30.5 Å². The summed E-state index contributed by atoms with van der Waals surface area (Å²) < 4.78 is 4.13. The molecule has 4 rings (SSSR count). The zero-order valence-corrected chi connectivity index (χ0v) is 15.8. The number of rotatable bonds is 5. The Hall–Kier alpha value is -2.42. The number of hydrogen-bond donors (Lipinski definition) is 0. The second-order valence-corrected chi connectivity index (χ2v) is 7.23. The van der Waals surface area contributed by atoms with Crippen LogP contribution in [-0.4, -0.2) is 53.6 Å². The van der Waals surface area contributed by atoms with Crippen LogP contribution < -0.4 is 4.90 Å². The zero-order valence-electron chi connectivity index (χ0n) is 15.0. The van der Waals surface area contributed by atoms with Crippen molar-refractivity contribution in [3.05, 3.63) is 42.6 Å². The average molecular weight is 370 g/mol. The second kappa shape index (κ2) is 7.45. The normalized spacial score (nSPS) is 17.6. The molecule has 0 bridgehead atoms. The molecule has 1 atom stereocenters. The van der Waals surface area contributed by atoms with Crippen LogP contribution >= 0.6 is 11.8 Å². The van der Waals surface area contributed by atoms with Crippen molar-refractivity contribution in [3.63, 3.8) is 0 Å². The number of nitrogens with zero attached hydrogens (tertiary/aromatic N) is 8. The molecule has 3 aromatic heterocycles. The third-order valence-electron chi connectivity index (χ3n) is 4.79. The number of piperidine rings is 1. The summed E-state index contributed by atoms with van der Waals surface area (Å²) in [6.45, 7) is 2.60. The van der Waals surface area contributed by atoms with Crippen LogP contribution in [0.2, 0.25) is 0 Å². The van der Waals surface area contributed by atoms with E-state index in [-0.39, 0.29) is 0 Å². The van der Waals surface area contributed by atoms with Crippen molar-refractivity contribution in [2.75, 3.05) is 24.2 Å². The lowest BCUT2D eigenvalue weighted by molar-refractivity contribution is 0.475. The van der Waals surface area contributed by atoms with Crippen LogP contribution in [0, 0.1) is 0 Å². The molecule has 4 heterocycles. The predicted molar refractivity (Wildman–Crippen MR) is 100 cm³/mol. The van der Waals surface area contributed by atoms with E-state index in [9.17, 15) is 0 Å². The minimum absolute atomic E-state index is 0.352. The van der Waals surface area contributed by atoms with Gasteiger partial charge in [-0.05, 0) is 25.2 Å². The Morgan fingerprint density at radius 3 is 3.00 bits per heavy atom. The fourth-order valence-corrected chi connectivity index (χ4v) is 3.77. The van der Waals surface area contributed by atoms with Gasteiger partial charge in [-0.25, -0.2) is 15.0 Å². The molecule has 1 aliphatic rings. The van der Waals surface area contributed by atoms with Crippen LogP contribution in [0.5, 0.6) is 0 Å². The van der Waals surface area contributed by atoms with E-state index in [1.165, 1.54) is 0 Å². The van der Waals surface area contributed by atoms with Crippen molar-refractivity contribution < 1.29 is 0 Å². The van der Waals surface area contributed by atoms with Crippen LogP contribution in [0.1, 0.15) is 30.4 Å². The molecule has 26 heavy (non-hydrogen) atoms. The van der Waals surface area contributed by atoms with Gasteiger partial charge in [0.25, 0.3) is 0 Å². The fraction of sp³-hybridized carbons (Fsp3) is 0.471. The molecule has 0 spiro atoms. The largest absolute Gasteiger partial charge is 0.356 e. The molecule has 0 unspecified atom stereocenters. The highest BCUT2D eigenvalue weighted by atomic mass is 32.2. The Bertz CT molecular complexity index is 860. The molecule has 0 saturated carbocycles. The molecule has 1 aliphatic heterocycles. The molecular weight excluding hydrogens is 348 g/mol. The molecule has 0 aromatic carbocycles. The van der Waals surface area contributed by atoms with Gasteiger partial charge in [-0.1, -0.05) is 11.8 Å². The van der Waals surface area contributed by atoms with Crippen molar-refractivity contribution in [3.8, 4) is 0 Å². The maximum atomic E-state index is 4.65. The minimum Gasteiger partial charge on any atom is -0.356 e. The van der Waals surface area contributed by atoms with Gasteiger partial charge in [0.05, 0.1) is 12.9 Å². The van der Waals surface area contributed by atoms with Crippen molar-refractivity contribution in [1.29, 1.82) is 0 Å². The fourth-order valence-electron chi connectivity index (χ4n) is 3.41. The monoisotopic (exact) mass is 370 g/mol. The average Bonchev–Trinajstić information content (AvgIpc) is 3.33. The van der Waals surface area contributed by atoms with E-state index in [0.29, 0.717) is 12.5 Å². The lowest BCUT2D eigenvalue weighted by Crippen LogP contribution is -2.36. The van der Waals surface area contributed by atoms with Crippen molar-refractivity contribution in [1.82, 2.24) is 34.3 Å². The first kappa shape index (κ1) is 17.0. The SMILES string of the molecule is CSc1nccc(N2CCC[C@H](c3nnc(Cn4ccnc4)n3C)C2)n1. The molecule has 0 aliphatic carbocycles. The molecule has 1 saturated heterocycles. The summed E-state index contributed by atoms with van der Waals surface area (Å²) in [5.74, 6) is 3.34. The first-order valence-electron chi connectivity index (χ1n) is 8.70. The lowest BCUT2D eigenvalue weighted by Gasteiger charge is -2.33. The highest BCUT2D eigenvalue weighted by Gasteiger charge is 2.26. The topological polar surface area (TPSA) is 77.5 Å². The van der Waals surface area contributed by atoms with Crippen LogP contribution in [0.25, 0.3) is 0 Å². The Kier molecular flexibility index (Phi) is 4.87. The van der Waals surface area contributed by atoms with E-state index in [1.807, 2.05) is 29.3 Å². The van der Waals surface area contributed by atoms with Crippen LogP contribution in [0.15, 0.2) is 36.1 Å². The molecule has 136 valence electrons. The van der Waals surface area contributed by atoms with Gasteiger partial charge in [0.1, 0.15) is 11.6 Å². The molecule has 3 aromatic rings. The number of thioether (sulfide) groups is 1. The summed E-state index contributed by atoms with van der Waals surface area (Å²) in [6.07, 6.45) is 11.6. The van der Waals surface area contributed by atoms with E-state index >= 15 is 0 Å². The van der Waals surface area contributed by atoms with Crippen molar-refractivity contribution >= 4 is 17.6 Å². The Morgan fingerprint density at radius 1 is 1.27 bits per heavy atom. The summed E-state index contributed by atoms with van der Waals surface area (Å²) in [6, 6.07) is 1.99. The lowest BCUT2D eigenvalue weighted by atomic mass is 9.97. The summed E-state index contributed by atoms with van der Waals surface area (Å²) in [4.78, 5) is 15.3. The van der Waals surface area contributed by atoms with Gasteiger partial charge in [-0.3, -0.25) is 0 Å². The number of hydrogen-bond acceptors (Lipinski definition) is 7. The van der Waals surface area contributed by atoms with Gasteiger partial charge in [0, 0.05) is 44.6 Å². The number of aromatic nitrogens is 7. The van der Waals surface area contributed by atoms with Gasteiger partial charge in [-0.15, -0.1) is 10.2 Å². The quantitative estimate of drug-likeness (QED) is 0.502. The second-order valence-electron chi connectivity index (χ2n) is 6.46. The van der Waals surface area contributed by atoms with E-state index < -0.39 is 0 Å². The smallest absolute Gasteiger partial charge is 0.189 e. The van der Waals surface area contributed by atoms with Crippen LogP contribution in [0.3, 0.4) is 0 Å². The maximum absolute atomic E-state index is 4.65. The summed E-state index contributed by atoms with van der Waals surface area (Å²) in [7, 11) is 2.05. The minimum atomic E-state index is 0.352. The summed E-state index contributed by atoms with van der Waals surface area (Å²) >= 11 is 1.57. The highest BCUT2D eigenvalue weighted by Crippen LogP contribution is 2.28. The Balaban J connectivity index is 1.52. The molecule has 0 N–H and O–H groups in total. The molecule has 0 radical (unpaired) electrons. The predicted octanol–water partition coefficient (Wildman–Crippen LogP) is 1.96. The van der Waals surface area contributed by atoms with Gasteiger partial charge in [0.2, 0.25) is 0 Å². The number of anilines is 1. The van der Waals surface area contributed by atoms with E-state index in [0.717, 1.165) is 48.6 Å². The Labute approximate surface area is 156 Å².